The molecule has 1 atom stereocenters. The Kier molecular flexibility index (Phi) is 9.74. The summed E-state index contributed by atoms with van der Waals surface area (Å²) < 4.78 is 15.6. The molecule has 0 aliphatic rings. The van der Waals surface area contributed by atoms with E-state index in [2.05, 4.69) is 20.8 Å². The Morgan fingerprint density at radius 2 is 1.53 bits per heavy atom. The predicted molar refractivity (Wildman–Crippen MR) is 68.2 cm³/mol. The molecule has 17 heavy (non-hydrogen) atoms. The zero-order valence-electron chi connectivity index (χ0n) is 11.7. The van der Waals surface area contributed by atoms with Crippen LogP contribution in [0.2, 0.25) is 0 Å². The molecule has 4 heteroatoms. The fourth-order valence-electron chi connectivity index (χ4n) is 1.32. The molecule has 0 rings (SSSR count). The number of methoxy groups -OCH3 is 1. The highest BCUT2D eigenvalue weighted by atomic mass is 16.5. The molecular weight excluding hydrogens is 220 g/mol. The van der Waals surface area contributed by atoms with Crippen molar-refractivity contribution in [2.45, 2.75) is 27.2 Å². The number of rotatable bonds is 11. The molecule has 104 valence electrons. The molecule has 0 aliphatic carbocycles. The van der Waals surface area contributed by atoms with Gasteiger partial charge in [0.1, 0.15) is 0 Å². The van der Waals surface area contributed by atoms with Gasteiger partial charge in [-0.05, 0) is 17.8 Å². The van der Waals surface area contributed by atoms with E-state index in [1.165, 1.54) is 0 Å². The zero-order valence-corrected chi connectivity index (χ0v) is 11.7. The van der Waals surface area contributed by atoms with Crippen LogP contribution in [-0.2, 0) is 14.2 Å². The maximum atomic E-state index is 9.36. The molecule has 1 unspecified atom stereocenters. The van der Waals surface area contributed by atoms with Crippen LogP contribution in [0, 0.1) is 11.3 Å². The standard InChI is InChI=1S/C13H28O4/c1-12(2)13(3,11-14)5-6-16-9-10-17-8-7-15-4/h12,14H,5-11H2,1-4H3. The molecule has 0 saturated carbocycles. The first-order valence-corrected chi connectivity index (χ1v) is 6.32. The Bertz CT molecular complexity index is 173. The lowest BCUT2D eigenvalue weighted by Gasteiger charge is -2.31. The van der Waals surface area contributed by atoms with Crippen molar-refractivity contribution in [3.8, 4) is 0 Å². The Labute approximate surface area is 105 Å². The number of aliphatic hydroxyl groups is 1. The highest BCUT2D eigenvalue weighted by molar-refractivity contribution is 4.76. The molecule has 4 nitrogen and oxygen atoms in total. The third kappa shape index (κ3) is 7.71. The molecule has 0 radical (unpaired) electrons. The molecule has 0 aliphatic heterocycles. The fraction of sp³-hybridized carbons (Fsp3) is 1.00. The predicted octanol–water partition coefficient (Wildman–Crippen LogP) is 1.71. The van der Waals surface area contributed by atoms with Crippen molar-refractivity contribution < 1.29 is 19.3 Å². The van der Waals surface area contributed by atoms with Crippen LogP contribution in [0.25, 0.3) is 0 Å². The van der Waals surface area contributed by atoms with Crippen LogP contribution in [0.5, 0.6) is 0 Å². The summed E-state index contributed by atoms with van der Waals surface area (Å²) in [5.74, 6) is 0.453. The average Bonchev–Trinajstić information content (AvgIpc) is 2.32. The van der Waals surface area contributed by atoms with E-state index < -0.39 is 0 Å². The normalized spacial score (nSPS) is 15.2. The van der Waals surface area contributed by atoms with Gasteiger partial charge in [0.2, 0.25) is 0 Å². The third-order valence-corrected chi connectivity index (χ3v) is 3.38. The summed E-state index contributed by atoms with van der Waals surface area (Å²) in [5.41, 5.74) is -0.0447. The van der Waals surface area contributed by atoms with Crippen molar-refractivity contribution in [2.75, 3.05) is 46.8 Å². The summed E-state index contributed by atoms with van der Waals surface area (Å²) in [5, 5.41) is 9.36. The van der Waals surface area contributed by atoms with Crippen LogP contribution >= 0.6 is 0 Å². The quantitative estimate of drug-likeness (QED) is 0.566. The van der Waals surface area contributed by atoms with Gasteiger partial charge in [-0.25, -0.2) is 0 Å². The van der Waals surface area contributed by atoms with Crippen LogP contribution in [0.15, 0.2) is 0 Å². The van der Waals surface area contributed by atoms with Crippen molar-refractivity contribution in [2.24, 2.45) is 11.3 Å². The fourth-order valence-corrected chi connectivity index (χ4v) is 1.32. The van der Waals surface area contributed by atoms with Gasteiger partial charge in [-0.15, -0.1) is 0 Å². The topological polar surface area (TPSA) is 47.9 Å². The van der Waals surface area contributed by atoms with Crippen molar-refractivity contribution in [1.82, 2.24) is 0 Å². The molecule has 0 aromatic carbocycles. The van der Waals surface area contributed by atoms with Gasteiger partial charge in [0.25, 0.3) is 0 Å². The Hall–Kier alpha value is -0.160. The minimum atomic E-state index is -0.0447. The molecule has 1 N–H and O–H groups in total. The minimum absolute atomic E-state index is 0.0447. The van der Waals surface area contributed by atoms with Gasteiger partial charge in [0.05, 0.1) is 26.4 Å². The van der Waals surface area contributed by atoms with E-state index in [-0.39, 0.29) is 12.0 Å². The van der Waals surface area contributed by atoms with E-state index in [9.17, 15) is 5.11 Å². The minimum Gasteiger partial charge on any atom is -0.396 e. The molecule has 0 spiro atoms. The number of hydrogen-bond donors (Lipinski definition) is 1. The lowest BCUT2D eigenvalue weighted by atomic mass is 9.77. The van der Waals surface area contributed by atoms with Crippen molar-refractivity contribution in [1.29, 1.82) is 0 Å². The van der Waals surface area contributed by atoms with Crippen molar-refractivity contribution in [3.63, 3.8) is 0 Å². The summed E-state index contributed by atoms with van der Waals surface area (Å²) in [6.07, 6.45) is 0.874. The SMILES string of the molecule is COCCOCCOCCC(C)(CO)C(C)C. The zero-order chi connectivity index (χ0) is 13.1. The highest BCUT2D eigenvalue weighted by Crippen LogP contribution is 2.29. The van der Waals surface area contributed by atoms with Gasteiger partial charge >= 0.3 is 0 Å². The Balaban J connectivity index is 3.44. The second-order valence-electron chi connectivity index (χ2n) is 4.93. The highest BCUT2D eigenvalue weighted by Gasteiger charge is 2.26. The van der Waals surface area contributed by atoms with E-state index in [0.717, 1.165) is 6.42 Å². The maximum absolute atomic E-state index is 9.36. The Morgan fingerprint density at radius 1 is 1.00 bits per heavy atom. The third-order valence-electron chi connectivity index (χ3n) is 3.38. The Morgan fingerprint density at radius 3 is 2.00 bits per heavy atom. The number of aliphatic hydroxyl groups excluding tert-OH is 1. The molecule has 0 fully saturated rings. The molecular formula is C13H28O4. The molecule has 0 aromatic heterocycles. The van der Waals surface area contributed by atoms with Crippen LogP contribution in [0.3, 0.4) is 0 Å². The van der Waals surface area contributed by atoms with Gasteiger partial charge in [0, 0.05) is 20.3 Å². The first-order chi connectivity index (χ1) is 8.06. The molecule has 0 amide bonds. The monoisotopic (exact) mass is 248 g/mol. The van der Waals surface area contributed by atoms with Crippen LogP contribution in [-0.4, -0.2) is 51.9 Å². The first kappa shape index (κ1) is 16.8. The summed E-state index contributed by atoms with van der Waals surface area (Å²) in [6.45, 7) is 9.66. The van der Waals surface area contributed by atoms with Crippen molar-refractivity contribution >= 4 is 0 Å². The lowest BCUT2D eigenvalue weighted by molar-refractivity contribution is 0.00377. The van der Waals surface area contributed by atoms with E-state index in [1.54, 1.807) is 7.11 Å². The van der Waals surface area contributed by atoms with Gasteiger partial charge in [-0.1, -0.05) is 20.8 Å². The second kappa shape index (κ2) is 9.83. The van der Waals surface area contributed by atoms with Crippen molar-refractivity contribution in [3.05, 3.63) is 0 Å². The molecule has 0 heterocycles. The van der Waals surface area contributed by atoms with Gasteiger partial charge in [-0.2, -0.15) is 0 Å². The lowest BCUT2D eigenvalue weighted by Crippen LogP contribution is -2.29. The van der Waals surface area contributed by atoms with Gasteiger partial charge in [-0.3, -0.25) is 0 Å². The molecule has 0 bridgehead atoms. The molecule has 0 aromatic rings. The van der Waals surface area contributed by atoms with E-state index >= 15 is 0 Å². The van der Waals surface area contributed by atoms with Gasteiger partial charge in [0.15, 0.2) is 0 Å². The second-order valence-corrected chi connectivity index (χ2v) is 4.93. The first-order valence-electron chi connectivity index (χ1n) is 6.32. The van der Waals surface area contributed by atoms with Gasteiger partial charge < -0.3 is 19.3 Å². The van der Waals surface area contributed by atoms with Crippen LogP contribution in [0.1, 0.15) is 27.2 Å². The van der Waals surface area contributed by atoms with Crippen LogP contribution in [0.4, 0.5) is 0 Å². The summed E-state index contributed by atoms with van der Waals surface area (Å²) in [6, 6.07) is 0. The van der Waals surface area contributed by atoms with E-state index in [4.69, 9.17) is 14.2 Å². The summed E-state index contributed by atoms with van der Waals surface area (Å²) in [7, 11) is 1.65. The average molecular weight is 248 g/mol. The summed E-state index contributed by atoms with van der Waals surface area (Å²) in [4.78, 5) is 0. The molecule has 0 saturated heterocycles. The maximum Gasteiger partial charge on any atom is 0.0701 e. The van der Waals surface area contributed by atoms with E-state index in [0.29, 0.717) is 39.0 Å². The number of hydrogen-bond acceptors (Lipinski definition) is 4. The summed E-state index contributed by atoms with van der Waals surface area (Å²) >= 11 is 0. The largest absolute Gasteiger partial charge is 0.396 e. The van der Waals surface area contributed by atoms with Crippen LogP contribution < -0.4 is 0 Å². The van der Waals surface area contributed by atoms with E-state index in [1.807, 2.05) is 0 Å². The smallest absolute Gasteiger partial charge is 0.0701 e. The number of ether oxygens (including phenoxy) is 3.